The summed E-state index contributed by atoms with van der Waals surface area (Å²) in [5.74, 6) is -0.838. The van der Waals surface area contributed by atoms with Crippen LogP contribution in [0.4, 0.5) is 0 Å². The standard InChI is InChI=1S/C16H22N2O3/c19-16(20)15-4-2-1-3-13(15)11-17-6-5-14(12-17)18-7-9-21-10-8-18/h1-4,14H,5-12H2,(H,19,20). The quantitative estimate of drug-likeness (QED) is 0.905. The van der Waals surface area contributed by atoms with E-state index in [1.807, 2.05) is 12.1 Å². The molecule has 5 nitrogen and oxygen atoms in total. The first kappa shape index (κ1) is 14.5. The lowest BCUT2D eigenvalue weighted by Crippen LogP contribution is -2.44. The van der Waals surface area contributed by atoms with Crippen LogP contribution < -0.4 is 0 Å². The van der Waals surface area contributed by atoms with E-state index in [2.05, 4.69) is 9.80 Å². The number of carboxylic acid groups (broad SMARTS) is 1. The predicted octanol–water partition coefficient (Wildman–Crippen LogP) is 1.29. The zero-order valence-corrected chi connectivity index (χ0v) is 12.2. The fourth-order valence-electron chi connectivity index (χ4n) is 3.30. The Morgan fingerprint density at radius 3 is 2.76 bits per heavy atom. The number of hydrogen-bond acceptors (Lipinski definition) is 4. The molecule has 0 saturated carbocycles. The maximum atomic E-state index is 11.3. The van der Waals surface area contributed by atoms with Crippen molar-refractivity contribution in [2.24, 2.45) is 0 Å². The highest BCUT2D eigenvalue weighted by atomic mass is 16.5. The minimum atomic E-state index is -0.838. The molecule has 2 heterocycles. The normalized spacial score (nSPS) is 24.3. The fraction of sp³-hybridized carbons (Fsp3) is 0.562. The molecule has 0 radical (unpaired) electrons. The van der Waals surface area contributed by atoms with Crippen LogP contribution in [-0.2, 0) is 11.3 Å². The summed E-state index contributed by atoms with van der Waals surface area (Å²) in [5.41, 5.74) is 1.33. The topological polar surface area (TPSA) is 53.0 Å². The molecule has 2 fully saturated rings. The number of carboxylic acids is 1. The zero-order chi connectivity index (χ0) is 14.7. The third-order valence-electron chi connectivity index (χ3n) is 4.45. The minimum absolute atomic E-state index is 0.423. The van der Waals surface area contributed by atoms with E-state index in [1.54, 1.807) is 12.1 Å². The van der Waals surface area contributed by atoms with Crippen LogP contribution in [0.3, 0.4) is 0 Å². The lowest BCUT2D eigenvalue weighted by atomic mass is 10.1. The molecule has 0 aromatic heterocycles. The summed E-state index contributed by atoms with van der Waals surface area (Å²) in [6, 6.07) is 7.90. The number of aromatic carboxylic acids is 1. The van der Waals surface area contributed by atoms with E-state index in [0.717, 1.165) is 57.9 Å². The Bertz CT molecular complexity index is 500. The van der Waals surface area contributed by atoms with E-state index in [4.69, 9.17) is 4.74 Å². The first-order chi connectivity index (χ1) is 10.2. The van der Waals surface area contributed by atoms with E-state index >= 15 is 0 Å². The van der Waals surface area contributed by atoms with Gasteiger partial charge in [-0.05, 0) is 18.1 Å². The minimum Gasteiger partial charge on any atom is -0.478 e. The molecule has 1 atom stereocenters. The van der Waals surface area contributed by atoms with Gasteiger partial charge in [0.05, 0.1) is 18.8 Å². The second kappa shape index (κ2) is 6.56. The van der Waals surface area contributed by atoms with Crippen molar-refractivity contribution < 1.29 is 14.6 Å². The molecule has 1 N–H and O–H groups in total. The Morgan fingerprint density at radius 2 is 2.00 bits per heavy atom. The smallest absolute Gasteiger partial charge is 0.336 e. The van der Waals surface area contributed by atoms with Crippen molar-refractivity contribution in [3.05, 3.63) is 35.4 Å². The first-order valence-corrected chi connectivity index (χ1v) is 7.59. The largest absolute Gasteiger partial charge is 0.478 e. The van der Waals surface area contributed by atoms with Gasteiger partial charge in [0.25, 0.3) is 0 Å². The summed E-state index contributed by atoms with van der Waals surface area (Å²) in [5, 5.41) is 9.25. The van der Waals surface area contributed by atoms with Crippen LogP contribution in [0.5, 0.6) is 0 Å². The molecule has 5 heteroatoms. The van der Waals surface area contributed by atoms with Gasteiger partial charge >= 0.3 is 5.97 Å². The number of morpholine rings is 1. The monoisotopic (exact) mass is 290 g/mol. The lowest BCUT2D eigenvalue weighted by molar-refractivity contribution is 0.0183. The highest BCUT2D eigenvalue weighted by Crippen LogP contribution is 2.20. The van der Waals surface area contributed by atoms with Crippen LogP contribution in [0.1, 0.15) is 22.3 Å². The zero-order valence-electron chi connectivity index (χ0n) is 12.2. The van der Waals surface area contributed by atoms with E-state index < -0.39 is 5.97 Å². The van der Waals surface area contributed by atoms with Crippen LogP contribution in [0.15, 0.2) is 24.3 Å². The van der Waals surface area contributed by atoms with Gasteiger partial charge in [-0.2, -0.15) is 0 Å². The second-order valence-electron chi connectivity index (χ2n) is 5.79. The van der Waals surface area contributed by atoms with Gasteiger partial charge < -0.3 is 9.84 Å². The molecular formula is C16H22N2O3. The Hall–Kier alpha value is -1.43. The molecule has 0 bridgehead atoms. The number of rotatable bonds is 4. The average Bonchev–Trinajstić information content (AvgIpc) is 2.97. The number of likely N-dealkylation sites (tertiary alicyclic amines) is 1. The Kier molecular flexibility index (Phi) is 4.53. The Balaban J connectivity index is 1.61. The van der Waals surface area contributed by atoms with Gasteiger partial charge in [-0.3, -0.25) is 9.80 Å². The van der Waals surface area contributed by atoms with E-state index in [9.17, 15) is 9.90 Å². The van der Waals surface area contributed by atoms with E-state index in [0.29, 0.717) is 11.6 Å². The van der Waals surface area contributed by atoms with Crippen LogP contribution >= 0.6 is 0 Å². The van der Waals surface area contributed by atoms with E-state index in [1.165, 1.54) is 0 Å². The second-order valence-corrected chi connectivity index (χ2v) is 5.79. The number of ether oxygens (including phenoxy) is 1. The van der Waals surface area contributed by atoms with Gasteiger partial charge in [0.15, 0.2) is 0 Å². The predicted molar refractivity (Wildman–Crippen MR) is 79.5 cm³/mol. The summed E-state index contributed by atoms with van der Waals surface area (Å²) in [4.78, 5) is 16.1. The molecule has 21 heavy (non-hydrogen) atoms. The number of carbonyl (C=O) groups is 1. The van der Waals surface area contributed by atoms with Crippen molar-refractivity contribution in [2.45, 2.75) is 19.0 Å². The summed E-state index contributed by atoms with van der Waals surface area (Å²) in [6.07, 6.45) is 1.16. The maximum Gasteiger partial charge on any atom is 0.336 e. The van der Waals surface area contributed by atoms with Crippen molar-refractivity contribution in [3.8, 4) is 0 Å². The molecule has 2 aliphatic heterocycles. The summed E-state index contributed by atoms with van der Waals surface area (Å²) in [7, 11) is 0. The summed E-state index contributed by atoms with van der Waals surface area (Å²) < 4.78 is 5.40. The summed E-state index contributed by atoms with van der Waals surface area (Å²) in [6.45, 7) is 6.48. The average molecular weight is 290 g/mol. The van der Waals surface area contributed by atoms with E-state index in [-0.39, 0.29) is 0 Å². The number of benzene rings is 1. The van der Waals surface area contributed by atoms with Crippen LogP contribution in [-0.4, -0.2) is 66.3 Å². The van der Waals surface area contributed by atoms with Gasteiger partial charge in [-0.25, -0.2) is 4.79 Å². The first-order valence-electron chi connectivity index (χ1n) is 7.59. The van der Waals surface area contributed by atoms with Gasteiger partial charge in [-0.1, -0.05) is 18.2 Å². The van der Waals surface area contributed by atoms with Gasteiger partial charge in [-0.15, -0.1) is 0 Å². The maximum absolute atomic E-state index is 11.3. The van der Waals surface area contributed by atoms with Gasteiger partial charge in [0, 0.05) is 38.8 Å². The molecule has 0 aliphatic carbocycles. The molecule has 0 amide bonds. The van der Waals surface area contributed by atoms with Crippen molar-refractivity contribution in [1.29, 1.82) is 0 Å². The molecule has 0 spiro atoms. The van der Waals surface area contributed by atoms with Crippen LogP contribution in [0.2, 0.25) is 0 Å². The molecule has 2 saturated heterocycles. The van der Waals surface area contributed by atoms with Crippen molar-refractivity contribution in [1.82, 2.24) is 9.80 Å². The molecule has 1 aromatic rings. The molecule has 3 rings (SSSR count). The molecular weight excluding hydrogens is 268 g/mol. The third kappa shape index (κ3) is 3.43. The van der Waals surface area contributed by atoms with Crippen molar-refractivity contribution in [3.63, 3.8) is 0 Å². The number of hydrogen-bond donors (Lipinski definition) is 1. The highest BCUT2D eigenvalue weighted by molar-refractivity contribution is 5.89. The molecule has 2 aliphatic rings. The third-order valence-corrected chi connectivity index (χ3v) is 4.45. The number of nitrogens with zero attached hydrogens (tertiary/aromatic N) is 2. The lowest BCUT2D eigenvalue weighted by Gasteiger charge is -2.32. The Morgan fingerprint density at radius 1 is 1.24 bits per heavy atom. The SMILES string of the molecule is O=C(O)c1ccccc1CN1CCC(N2CCOCC2)C1. The summed E-state index contributed by atoms with van der Waals surface area (Å²) >= 11 is 0. The van der Waals surface area contributed by atoms with Crippen molar-refractivity contribution >= 4 is 5.97 Å². The highest BCUT2D eigenvalue weighted by Gasteiger charge is 2.29. The molecule has 1 aromatic carbocycles. The molecule has 1 unspecified atom stereocenters. The van der Waals surface area contributed by atoms with Crippen molar-refractivity contribution in [2.75, 3.05) is 39.4 Å². The fourth-order valence-corrected chi connectivity index (χ4v) is 3.30. The van der Waals surface area contributed by atoms with Gasteiger partial charge in [0.2, 0.25) is 0 Å². The van der Waals surface area contributed by atoms with Crippen LogP contribution in [0, 0.1) is 0 Å². The Labute approximate surface area is 125 Å². The molecule has 114 valence electrons. The van der Waals surface area contributed by atoms with Gasteiger partial charge in [0.1, 0.15) is 0 Å². The van der Waals surface area contributed by atoms with Crippen LogP contribution in [0.25, 0.3) is 0 Å².